The Hall–Kier alpha value is -1.97. The minimum atomic E-state index is 0.611. The van der Waals surface area contributed by atoms with Crippen LogP contribution in [0.15, 0.2) is 30.6 Å². The van der Waals surface area contributed by atoms with Gasteiger partial charge in [0, 0.05) is 6.20 Å². The van der Waals surface area contributed by atoms with Crippen LogP contribution in [-0.4, -0.2) is 16.4 Å². The molecule has 0 fully saturated rings. The van der Waals surface area contributed by atoms with Crippen molar-refractivity contribution in [2.24, 2.45) is 0 Å². The molecule has 1 aromatic carbocycles. The highest BCUT2D eigenvalue weighted by Crippen LogP contribution is 2.25. The van der Waals surface area contributed by atoms with Crippen molar-refractivity contribution in [1.29, 1.82) is 0 Å². The monoisotopic (exact) mass is 257 g/mol. The number of fused-ring (bicyclic) bond motifs is 1. The first-order chi connectivity index (χ1) is 9.31. The van der Waals surface area contributed by atoms with Gasteiger partial charge in [0.05, 0.1) is 18.4 Å². The normalized spacial score (nSPS) is 14.1. The summed E-state index contributed by atoms with van der Waals surface area (Å²) in [4.78, 5) is 0. The minimum absolute atomic E-state index is 0.611. The highest BCUT2D eigenvalue weighted by atomic mass is 16.5. The van der Waals surface area contributed by atoms with Crippen molar-refractivity contribution >= 4 is 5.69 Å². The van der Waals surface area contributed by atoms with E-state index in [0.717, 1.165) is 5.75 Å². The number of aromatic nitrogens is 2. The molecule has 1 aromatic heterocycles. The summed E-state index contributed by atoms with van der Waals surface area (Å²) in [5.74, 6) is 0.959. The summed E-state index contributed by atoms with van der Waals surface area (Å²) in [6.07, 6.45) is 8.47. The predicted octanol–water partition coefficient (Wildman–Crippen LogP) is 2.42. The first kappa shape index (κ1) is 12.1. The molecule has 1 aliphatic rings. The molecule has 0 aliphatic heterocycles. The van der Waals surface area contributed by atoms with Crippen molar-refractivity contribution < 1.29 is 4.74 Å². The van der Waals surface area contributed by atoms with E-state index in [9.17, 15) is 0 Å². The standard InChI is InChI=1S/C15H19N3O/c16-14-10-17-18(11-14)7-8-19-15-6-5-12-3-1-2-4-13(12)9-15/h5-6,9-11H,1-4,7-8,16H2. The van der Waals surface area contributed by atoms with E-state index in [0.29, 0.717) is 18.8 Å². The van der Waals surface area contributed by atoms with Gasteiger partial charge in [-0.2, -0.15) is 5.10 Å². The topological polar surface area (TPSA) is 53.1 Å². The van der Waals surface area contributed by atoms with Gasteiger partial charge in [-0.05, 0) is 48.9 Å². The SMILES string of the molecule is Nc1cnn(CCOc2ccc3c(c2)CCCC3)c1. The van der Waals surface area contributed by atoms with Gasteiger partial charge in [-0.25, -0.2) is 0 Å². The van der Waals surface area contributed by atoms with E-state index in [4.69, 9.17) is 10.5 Å². The van der Waals surface area contributed by atoms with E-state index in [1.54, 1.807) is 10.9 Å². The summed E-state index contributed by atoms with van der Waals surface area (Å²) in [6, 6.07) is 6.46. The second-order valence-electron chi connectivity index (χ2n) is 5.02. The fourth-order valence-electron chi connectivity index (χ4n) is 2.56. The minimum Gasteiger partial charge on any atom is -0.492 e. The number of nitrogen functional groups attached to an aromatic ring is 1. The molecule has 0 bridgehead atoms. The van der Waals surface area contributed by atoms with Gasteiger partial charge in [-0.15, -0.1) is 0 Å². The van der Waals surface area contributed by atoms with E-state index >= 15 is 0 Å². The number of aryl methyl sites for hydroxylation is 2. The molecule has 3 rings (SSSR count). The largest absolute Gasteiger partial charge is 0.492 e. The third-order valence-corrected chi connectivity index (χ3v) is 3.56. The molecule has 19 heavy (non-hydrogen) atoms. The molecule has 0 spiro atoms. The van der Waals surface area contributed by atoms with Crippen LogP contribution in [0.4, 0.5) is 5.69 Å². The van der Waals surface area contributed by atoms with Crippen LogP contribution in [0.3, 0.4) is 0 Å². The lowest BCUT2D eigenvalue weighted by Gasteiger charge is -2.16. The summed E-state index contributed by atoms with van der Waals surface area (Å²) in [5, 5.41) is 4.13. The Kier molecular flexibility index (Phi) is 3.40. The molecule has 0 radical (unpaired) electrons. The van der Waals surface area contributed by atoms with Crippen LogP contribution < -0.4 is 10.5 Å². The molecule has 4 heteroatoms. The third kappa shape index (κ3) is 2.89. The summed E-state index contributed by atoms with van der Waals surface area (Å²) >= 11 is 0. The van der Waals surface area contributed by atoms with Crippen LogP contribution in [0.2, 0.25) is 0 Å². The summed E-state index contributed by atoms with van der Waals surface area (Å²) < 4.78 is 7.58. The van der Waals surface area contributed by atoms with Crippen molar-refractivity contribution in [3.8, 4) is 5.75 Å². The first-order valence-electron chi connectivity index (χ1n) is 6.84. The van der Waals surface area contributed by atoms with Gasteiger partial charge in [0.15, 0.2) is 0 Å². The summed E-state index contributed by atoms with van der Waals surface area (Å²) in [5.41, 5.74) is 9.24. The van der Waals surface area contributed by atoms with Gasteiger partial charge in [0.25, 0.3) is 0 Å². The molecule has 2 aromatic rings. The van der Waals surface area contributed by atoms with Crippen LogP contribution in [0, 0.1) is 0 Å². The number of anilines is 1. The van der Waals surface area contributed by atoms with E-state index in [1.807, 2.05) is 6.20 Å². The van der Waals surface area contributed by atoms with E-state index in [2.05, 4.69) is 23.3 Å². The van der Waals surface area contributed by atoms with Gasteiger partial charge >= 0.3 is 0 Å². The quantitative estimate of drug-likeness (QED) is 0.915. The van der Waals surface area contributed by atoms with Crippen molar-refractivity contribution in [3.63, 3.8) is 0 Å². The average molecular weight is 257 g/mol. The molecule has 0 atom stereocenters. The Balaban J connectivity index is 1.58. The van der Waals surface area contributed by atoms with Gasteiger partial charge in [-0.3, -0.25) is 4.68 Å². The Labute approximate surface area is 113 Å². The third-order valence-electron chi connectivity index (χ3n) is 3.56. The number of nitrogens with two attached hydrogens (primary N) is 1. The zero-order valence-electron chi connectivity index (χ0n) is 11.0. The molecule has 4 nitrogen and oxygen atoms in total. The van der Waals surface area contributed by atoms with Gasteiger partial charge in [0.1, 0.15) is 12.4 Å². The van der Waals surface area contributed by atoms with Crippen molar-refractivity contribution in [2.45, 2.75) is 32.2 Å². The molecule has 0 unspecified atom stereocenters. The van der Waals surface area contributed by atoms with Crippen LogP contribution in [0.5, 0.6) is 5.75 Å². The average Bonchev–Trinajstić information content (AvgIpc) is 2.84. The molecular weight excluding hydrogens is 238 g/mol. The molecule has 1 aliphatic carbocycles. The predicted molar refractivity (Wildman–Crippen MR) is 75.2 cm³/mol. The van der Waals surface area contributed by atoms with Crippen molar-refractivity contribution in [2.75, 3.05) is 12.3 Å². The van der Waals surface area contributed by atoms with Gasteiger partial charge in [0.2, 0.25) is 0 Å². The number of nitrogens with zero attached hydrogens (tertiary/aromatic N) is 2. The Morgan fingerprint density at radius 3 is 2.84 bits per heavy atom. The lowest BCUT2D eigenvalue weighted by molar-refractivity contribution is 0.291. The lowest BCUT2D eigenvalue weighted by atomic mass is 9.92. The Morgan fingerprint density at radius 2 is 2.05 bits per heavy atom. The number of hydrogen-bond donors (Lipinski definition) is 1. The lowest BCUT2D eigenvalue weighted by Crippen LogP contribution is -2.09. The smallest absolute Gasteiger partial charge is 0.119 e. The van der Waals surface area contributed by atoms with Gasteiger partial charge < -0.3 is 10.5 Å². The number of rotatable bonds is 4. The molecular formula is C15H19N3O. The fraction of sp³-hybridized carbons (Fsp3) is 0.400. The Bertz CT molecular complexity index is 562. The first-order valence-corrected chi connectivity index (χ1v) is 6.84. The Morgan fingerprint density at radius 1 is 1.21 bits per heavy atom. The number of ether oxygens (including phenoxy) is 1. The van der Waals surface area contributed by atoms with E-state index in [1.165, 1.54) is 36.8 Å². The maximum absolute atomic E-state index is 5.78. The fourth-order valence-corrected chi connectivity index (χ4v) is 2.56. The summed E-state index contributed by atoms with van der Waals surface area (Å²) in [7, 11) is 0. The molecule has 2 N–H and O–H groups in total. The maximum Gasteiger partial charge on any atom is 0.119 e. The van der Waals surface area contributed by atoms with Crippen molar-refractivity contribution in [1.82, 2.24) is 9.78 Å². The zero-order valence-corrected chi connectivity index (χ0v) is 11.0. The maximum atomic E-state index is 5.78. The molecule has 100 valence electrons. The zero-order chi connectivity index (χ0) is 13.1. The number of benzene rings is 1. The van der Waals surface area contributed by atoms with Crippen LogP contribution in [-0.2, 0) is 19.4 Å². The molecule has 0 amide bonds. The molecule has 0 saturated heterocycles. The van der Waals surface area contributed by atoms with Gasteiger partial charge in [-0.1, -0.05) is 6.07 Å². The van der Waals surface area contributed by atoms with E-state index in [-0.39, 0.29) is 0 Å². The van der Waals surface area contributed by atoms with Crippen LogP contribution in [0.25, 0.3) is 0 Å². The van der Waals surface area contributed by atoms with E-state index < -0.39 is 0 Å². The van der Waals surface area contributed by atoms with Crippen molar-refractivity contribution in [3.05, 3.63) is 41.7 Å². The van der Waals surface area contributed by atoms with Crippen LogP contribution in [0.1, 0.15) is 24.0 Å². The van der Waals surface area contributed by atoms with Crippen LogP contribution >= 0.6 is 0 Å². The summed E-state index contributed by atoms with van der Waals surface area (Å²) in [6.45, 7) is 1.33. The number of hydrogen-bond acceptors (Lipinski definition) is 3. The molecule has 0 saturated carbocycles. The second-order valence-corrected chi connectivity index (χ2v) is 5.02. The second kappa shape index (κ2) is 5.34. The molecule has 1 heterocycles. The highest BCUT2D eigenvalue weighted by molar-refractivity contribution is 5.37. The highest BCUT2D eigenvalue weighted by Gasteiger charge is 2.09.